The number of piperazine rings is 1. The lowest BCUT2D eigenvalue weighted by molar-refractivity contribution is -0.138. The summed E-state index contributed by atoms with van der Waals surface area (Å²) in [5, 5.41) is 2.93. The van der Waals surface area contributed by atoms with Gasteiger partial charge in [0.05, 0.1) is 5.69 Å². The van der Waals surface area contributed by atoms with Gasteiger partial charge in [-0.3, -0.25) is 14.5 Å². The summed E-state index contributed by atoms with van der Waals surface area (Å²) in [7, 11) is 0. The molecule has 2 amide bonds. The molecule has 3 rings (SSSR count). The number of hydrogen-bond acceptors (Lipinski definition) is 2. The highest BCUT2D eigenvalue weighted by molar-refractivity contribution is 9.11. The molecule has 21 heavy (non-hydrogen) atoms. The highest BCUT2D eigenvalue weighted by Crippen LogP contribution is 2.44. The van der Waals surface area contributed by atoms with Crippen molar-refractivity contribution >= 4 is 49.4 Å². The van der Waals surface area contributed by atoms with Crippen LogP contribution >= 0.6 is 31.9 Å². The highest BCUT2D eigenvalue weighted by atomic mass is 79.9. The van der Waals surface area contributed by atoms with Gasteiger partial charge in [-0.2, -0.15) is 0 Å². The van der Waals surface area contributed by atoms with Gasteiger partial charge in [0, 0.05) is 8.95 Å². The van der Waals surface area contributed by atoms with Gasteiger partial charge in [-0.15, -0.1) is 0 Å². The summed E-state index contributed by atoms with van der Waals surface area (Å²) in [6.07, 6.45) is 1.98. The summed E-state index contributed by atoms with van der Waals surface area (Å²) < 4.78 is 1.68. The fraction of sp³-hybridized carbons (Fsp3) is 0.467. The maximum Gasteiger partial charge on any atom is 0.253 e. The Balaban J connectivity index is 2.07. The topological polar surface area (TPSA) is 49.4 Å². The fourth-order valence-corrected chi connectivity index (χ4v) is 3.67. The molecule has 0 bridgehead atoms. The number of anilines is 1. The zero-order valence-electron chi connectivity index (χ0n) is 11.8. The van der Waals surface area contributed by atoms with E-state index in [2.05, 4.69) is 37.2 Å². The maximum atomic E-state index is 13.0. The molecule has 1 aliphatic carbocycles. The second kappa shape index (κ2) is 5.09. The van der Waals surface area contributed by atoms with Gasteiger partial charge in [-0.1, -0.05) is 15.9 Å². The molecule has 2 aliphatic rings. The number of amides is 2. The van der Waals surface area contributed by atoms with Crippen LogP contribution in [0.1, 0.15) is 26.7 Å². The van der Waals surface area contributed by atoms with Crippen LogP contribution < -0.4 is 10.2 Å². The smallest absolute Gasteiger partial charge is 0.253 e. The van der Waals surface area contributed by atoms with Gasteiger partial charge in [0.15, 0.2) is 0 Å². The van der Waals surface area contributed by atoms with Gasteiger partial charge >= 0.3 is 0 Å². The standard InChI is InChI=1S/C15H16Br2N2O2/c1-8-13(20)18-15(2,9-3-4-9)14(21)19(8)12-7-10(16)5-6-11(12)17/h5-9H,3-4H2,1-2H3,(H,18,20). The van der Waals surface area contributed by atoms with Gasteiger partial charge in [0.2, 0.25) is 5.91 Å². The second-order valence-corrected chi connectivity index (χ2v) is 7.68. The first-order valence-corrected chi connectivity index (χ1v) is 8.54. The minimum absolute atomic E-state index is 0.0316. The molecular weight excluding hydrogens is 400 g/mol. The van der Waals surface area contributed by atoms with Crippen LogP contribution in [-0.4, -0.2) is 23.4 Å². The number of nitrogens with zero attached hydrogens (tertiary/aromatic N) is 1. The first-order valence-electron chi connectivity index (χ1n) is 6.95. The van der Waals surface area contributed by atoms with E-state index in [-0.39, 0.29) is 17.7 Å². The number of benzene rings is 1. The molecule has 1 heterocycles. The Morgan fingerprint density at radius 1 is 1.29 bits per heavy atom. The molecule has 2 fully saturated rings. The van der Waals surface area contributed by atoms with E-state index in [0.29, 0.717) is 0 Å². The third-order valence-electron chi connectivity index (χ3n) is 4.37. The Morgan fingerprint density at radius 3 is 2.57 bits per heavy atom. The Labute approximate surface area is 140 Å². The van der Waals surface area contributed by atoms with Crippen molar-refractivity contribution < 1.29 is 9.59 Å². The van der Waals surface area contributed by atoms with Gasteiger partial charge in [0.1, 0.15) is 11.6 Å². The van der Waals surface area contributed by atoms with Gasteiger partial charge in [-0.25, -0.2) is 0 Å². The lowest BCUT2D eigenvalue weighted by Gasteiger charge is -2.44. The molecule has 2 atom stereocenters. The monoisotopic (exact) mass is 414 g/mol. The number of carbonyl (C=O) groups is 2. The summed E-state index contributed by atoms with van der Waals surface area (Å²) >= 11 is 6.91. The third-order valence-corrected chi connectivity index (χ3v) is 5.54. The molecule has 4 nitrogen and oxygen atoms in total. The normalized spacial score (nSPS) is 29.5. The molecule has 1 saturated carbocycles. The SMILES string of the molecule is CC1C(=O)NC(C)(C2CC2)C(=O)N1c1cc(Br)ccc1Br. The molecule has 1 aromatic carbocycles. The minimum Gasteiger partial charge on any atom is -0.340 e. The Hall–Kier alpha value is -0.880. The lowest BCUT2D eigenvalue weighted by atomic mass is 9.89. The second-order valence-electron chi connectivity index (χ2n) is 5.91. The summed E-state index contributed by atoms with van der Waals surface area (Å²) in [6, 6.07) is 5.12. The number of rotatable bonds is 2. The summed E-state index contributed by atoms with van der Waals surface area (Å²) in [6.45, 7) is 3.60. The molecular formula is C15H16Br2N2O2. The largest absolute Gasteiger partial charge is 0.340 e. The zero-order valence-corrected chi connectivity index (χ0v) is 15.0. The molecule has 112 valence electrons. The van der Waals surface area contributed by atoms with Crippen molar-refractivity contribution in [1.29, 1.82) is 0 Å². The van der Waals surface area contributed by atoms with Gasteiger partial charge in [0.25, 0.3) is 5.91 Å². The van der Waals surface area contributed by atoms with Crippen LogP contribution in [0, 0.1) is 5.92 Å². The lowest BCUT2D eigenvalue weighted by Crippen LogP contribution is -2.70. The predicted molar refractivity (Wildman–Crippen MR) is 88.1 cm³/mol. The first kappa shape index (κ1) is 15.0. The van der Waals surface area contributed by atoms with Crippen LogP contribution in [0.25, 0.3) is 0 Å². The highest BCUT2D eigenvalue weighted by Gasteiger charge is 2.55. The summed E-state index contributed by atoms with van der Waals surface area (Å²) in [4.78, 5) is 27.0. The van der Waals surface area contributed by atoms with E-state index in [4.69, 9.17) is 0 Å². The van der Waals surface area contributed by atoms with E-state index in [1.54, 1.807) is 11.8 Å². The van der Waals surface area contributed by atoms with Crippen molar-refractivity contribution in [2.75, 3.05) is 4.90 Å². The van der Waals surface area contributed by atoms with E-state index in [1.807, 2.05) is 25.1 Å². The predicted octanol–water partition coefficient (Wildman–Crippen LogP) is 3.23. The van der Waals surface area contributed by atoms with Crippen molar-refractivity contribution in [3.8, 4) is 0 Å². The van der Waals surface area contributed by atoms with Gasteiger partial charge < -0.3 is 5.32 Å². The van der Waals surface area contributed by atoms with Gasteiger partial charge in [-0.05, 0) is 66.7 Å². The van der Waals surface area contributed by atoms with E-state index < -0.39 is 11.6 Å². The van der Waals surface area contributed by atoms with Crippen LogP contribution in [0.2, 0.25) is 0 Å². The minimum atomic E-state index is -0.786. The maximum absolute atomic E-state index is 13.0. The molecule has 6 heteroatoms. The van der Waals surface area contributed by atoms with E-state index in [1.165, 1.54) is 0 Å². The van der Waals surface area contributed by atoms with Crippen molar-refractivity contribution in [1.82, 2.24) is 5.32 Å². The van der Waals surface area contributed by atoms with Crippen LogP contribution in [0.5, 0.6) is 0 Å². The Kier molecular flexibility index (Phi) is 3.64. The average Bonchev–Trinajstić information content (AvgIpc) is 3.25. The molecule has 1 N–H and O–H groups in total. The van der Waals surface area contributed by atoms with Crippen molar-refractivity contribution in [3.63, 3.8) is 0 Å². The number of halogens is 2. The molecule has 0 radical (unpaired) electrons. The summed E-state index contributed by atoms with van der Waals surface area (Å²) in [5.74, 6) is 0.113. The van der Waals surface area contributed by atoms with Crippen LogP contribution in [-0.2, 0) is 9.59 Å². The first-order chi connectivity index (χ1) is 9.84. The van der Waals surface area contributed by atoms with E-state index in [0.717, 1.165) is 27.5 Å². The Morgan fingerprint density at radius 2 is 1.95 bits per heavy atom. The fourth-order valence-electron chi connectivity index (χ4n) is 2.88. The number of nitrogens with one attached hydrogen (secondary N) is 1. The van der Waals surface area contributed by atoms with E-state index >= 15 is 0 Å². The average molecular weight is 416 g/mol. The number of carbonyl (C=O) groups excluding carboxylic acids is 2. The van der Waals surface area contributed by atoms with Crippen molar-refractivity contribution in [2.45, 2.75) is 38.3 Å². The number of hydrogen-bond donors (Lipinski definition) is 1. The third kappa shape index (κ3) is 2.42. The zero-order chi connectivity index (χ0) is 15.4. The van der Waals surface area contributed by atoms with Crippen molar-refractivity contribution in [2.24, 2.45) is 5.92 Å². The molecule has 0 spiro atoms. The molecule has 1 aliphatic heterocycles. The van der Waals surface area contributed by atoms with Crippen molar-refractivity contribution in [3.05, 3.63) is 27.1 Å². The van der Waals surface area contributed by atoms with Crippen LogP contribution in [0.4, 0.5) is 5.69 Å². The quantitative estimate of drug-likeness (QED) is 0.805. The van der Waals surface area contributed by atoms with Crippen LogP contribution in [0.15, 0.2) is 27.1 Å². The Bertz CT molecular complexity index is 630. The van der Waals surface area contributed by atoms with E-state index in [9.17, 15) is 9.59 Å². The molecule has 1 saturated heterocycles. The summed E-state index contributed by atoms with van der Waals surface area (Å²) in [5.41, 5.74) is -0.0608. The molecule has 1 aromatic rings. The molecule has 2 unspecified atom stereocenters. The van der Waals surface area contributed by atoms with Crippen LogP contribution in [0.3, 0.4) is 0 Å². The molecule has 0 aromatic heterocycles.